The van der Waals surface area contributed by atoms with Gasteiger partial charge in [-0.3, -0.25) is 4.79 Å². The first-order valence-electron chi connectivity index (χ1n) is 4.62. The minimum absolute atomic E-state index is 0.260. The van der Waals surface area contributed by atoms with Crippen molar-refractivity contribution in [2.24, 2.45) is 0 Å². The Balaban J connectivity index is 2.00. The zero-order valence-corrected chi connectivity index (χ0v) is 9.81. The number of aliphatic carboxylic acids is 1. The molecule has 0 radical (unpaired) electrons. The first kappa shape index (κ1) is 12.3. The molecule has 1 rings (SSSR count). The Bertz CT molecular complexity index is 317. The van der Waals surface area contributed by atoms with Gasteiger partial charge in [0.1, 0.15) is 0 Å². The van der Waals surface area contributed by atoms with Crippen molar-refractivity contribution in [2.45, 2.75) is 30.0 Å². The molecule has 1 aromatic heterocycles. The van der Waals surface area contributed by atoms with Crippen molar-refractivity contribution in [1.29, 1.82) is 0 Å². The van der Waals surface area contributed by atoms with Gasteiger partial charge in [-0.25, -0.2) is 0 Å². The SMILES string of the molecule is Nc1nnc(SCCCCCC(=O)O)s1. The van der Waals surface area contributed by atoms with E-state index in [0.717, 1.165) is 29.4 Å². The molecule has 0 atom stereocenters. The summed E-state index contributed by atoms with van der Waals surface area (Å²) in [4.78, 5) is 10.2. The van der Waals surface area contributed by atoms with Crippen LogP contribution in [-0.2, 0) is 4.79 Å². The van der Waals surface area contributed by atoms with Gasteiger partial charge in [-0.15, -0.1) is 10.2 Å². The van der Waals surface area contributed by atoms with Crippen LogP contribution in [0.2, 0.25) is 0 Å². The lowest BCUT2D eigenvalue weighted by Gasteiger charge is -1.96. The van der Waals surface area contributed by atoms with Gasteiger partial charge < -0.3 is 10.8 Å². The third kappa shape index (κ3) is 5.58. The zero-order chi connectivity index (χ0) is 11.1. The average Bonchev–Trinajstić information content (AvgIpc) is 2.57. The Kier molecular flexibility index (Phi) is 5.41. The molecule has 0 aromatic carbocycles. The summed E-state index contributed by atoms with van der Waals surface area (Å²) in [6, 6.07) is 0. The van der Waals surface area contributed by atoms with Crippen molar-refractivity contribution in [2.75, 3.05) is 11.5 Å². The summed E-state index contributed by atoms with van der Waals surface area (Å²) in [5, 5.41) is 16.5. The van der Waals surface area contributed by atoms with Crippen LogP contribution in [0.1, 0.15) is 25.7 Å². The highest BCUT2D eigenvalue weighted by Gasteiger charge is 2.01. The van der Waals surface area contributed by atoms with Gasteiger partial charge in [0.2, 0.25) is 5.13 Å². The number of carbonyl (C=O) groups is 1. The van der Waals surface area contributed by atoms with Crippen LogP contribution in [0.4, 0.5) is 5.13 Å². The van der Waals surface area contributed by atoms with Gasteiger partial charge in [0.15, 0.2) is 4.34 Å². The Morgan fingerprint density at radius 3 is 2.80 bits per heavy atom. The maximum absolute atomic E-state index is 10.2. The monoisotopic (exact) mass is 247 g/mol. The normalized spacial score (nSPS) is 10.4. The molecule has 0 saturated carbocycles. The first-order valence-corrected chi connectivity index (χ1v) is 6.42. The number of aromatic nitrogens is 2. The second-order valence-corrected chi connectivity index (χ2v) is 5.31. The molecule has 0 spiro atoms. The Morgan fingerprint density at radius 1 is 1.40 bits per heavy atom. The topological polar surface area (TPSA) is 89.1 Å². The van der Waals surface area contributed by atoms with Crippen molar-refractivity contribution in [1.82, 2.24) is 10.2 Å². The number of unbranched alkanes of at least 4 members (excludes halogenated alkanes) is 2. The lowest BCUT2D eigenvalue weighted by molar-refractivity contribution is -0.137. The number of carboxylic acid groups (broad SMARTS) is 1. The molecule has 0 saturated heterocycles. The standard InChI is InChI=1S/C8H13N3O2S2/c9-7-10-11-8(15-7)14-5-3-1-2-4-6(12)13/h1-5H2,(H2,9,10)(H,12,13). The molecule has 0 bridgehead atoms. The average molecular weight is 247 g/mol. The minimum atomic E-state index is -0.723. The van der Waals surface area contributed by atoms with Gasteiger partial charge in [-0.1, -0.05) is 29.5 Å². The molecule has 7 heteroatoms. The molecule has 1 heterocycles. The van der Waals surface area contributed by atoms with E-state index in [2.05, 4.69) is 10.2 Å². The van der Waals surface area contributed by atoms with E-state index in [0.29, 0.717) is 5.13 Å². The summed E-state index contributed by atoms with van der Waals surface area (Å²) in [6.45, 7) is 0. The smallest absolute Gasteiger partial charge is 0.303 e. The van der Waals surface area contributed by atoms with E-state index in [4.69, 9.17) is 10.8 Å². The number of carboxylic acids is 1. The number of hydrogen-bond acceptors (Lipinski definition) is 6. The highest BCUT2D eigenvalue weighted by Crippen LogP contribution is 2.24. The highest BCUT2D eigenvalue weighted by molar-refractivity contribution is 8.01. The first-order chi connectivity index (χ1) is 7.18. The molecular formula is C8H13N3O2S2. The van der Waals surface area contributed by atoms with E-state index in [1.165, 1.54) is 11.3 Å². The lowest BCUT2D eigenvalue weighted by atomic mass is 10.2. The number of thioether (sulfide) groups is 1. The Morgan fingerprint density at radius 2 is 2.20 bits per heavy atom. The molecule has 0 aliphatic heterocycles. The third-order valence-electron chi connectivity index (χ3n) is 1.68. The number of anilines is 1. The van der Waals surface area contributed by atoms with E-state index in [1.54, 1.807) is 11.8 Å². The summed E-state index contributed by atoms with van der Waals surface area (Å²) in [6.07, 6.45) is 2.94. The second kappa shape index (κ2) is 6.62. The summed E-state index contributed by atoms with van der Waals surface area (Å²) >= 11 is 3.00. The highest BCUT2D eigenvalue weighted by atomic mass is 32.2. The molecular weight excluding hydrogens is 234 g/mol. The van der Waals surface area contributed by atoms with E-state index in [9.17, 15) is 4.79 Å². The van der Waals surface area contributed by atoms with Crippen LogP contribution < -0.4 is 5.73 Å². The summed E-state index contributed by atoms with van der Waals surface area (Å²) in [7, 11) is 0. The molecule has 0 aliphatic carbocycles. The van der Waals surface area contributed by atoms with Crippen LogP contribution in [0.25, 0.3) is 0 Å². The Hall–Kier alpha value is -0.820. The van der Waals surface area contributed by atoms with Crippen molar-refractivity contribution in [3.05, 3.63) is 0 Å². The number of hydrogen-bond donors (Lipinski definition) is 2. The predicted molar refractivity (Wildman–Crippen MR) is 61.1 cm³/mol. The van der Waals surface area contributed by atoms with Crippen LogP contribution in [0, 0.1) is 0 Å². The fourth-order valence-corrected chi connectivity index (χ4v) is 2.70. The molecule has 15 heavy (non-hydrogen) atoms. The molecule has 1 aromatic rings. The van der Waals surface area contributed by atoms with Crippen LogP contribution in [-0.4, -0.2) is 27.0 Å². The molecule has 3 N–H and O–H groups in total. The molecule has 0 unspecified atom stereocenters. The summed E-state index contributed by atoms with van der Waals surface area (Å²) < 4.78 is 0.880. The van der Waals surface area contributed by atoms with Crippen molar-refractivity contribution < 1.29 is 9.90 Å². The van der Waals surface area contributed by atoms with Crippen LogP contribution in [0.15, 0.2) is 4.34 Å². The minimum Gasteiger partial charge on any atom is -0.481 e. The van der Waals surface area contributed by atoms with Crippen LogP contribution in [0.3, 0.4) is 0 Å². The molecule has 0 fully saturated rings. The molecule has 0 amide bonds. The predicted octanol–water partition coefficient (Wildman–Crippen LogP) is 1.86. The zero-order valence-electron chi connectivity index (χ0n) is 8.18. The lowest BCUT2D eigenvalue weighted by Crippen LogP contribution is -1.93. The molecule has 84 valence electrons. The van der Waals surface area contributed by atoms with Crippen LogP contribution >= 0.6 is 23.1 Å². The maximum atomic E-state index is 10.2. The largest absolute Gasteiger partial charge is 0.481 e. The van der Waals surface area contributed by atoms with Crippen LogP contribution in [0.5, 0.6) is 0 Å². The van der Waals surface area contributed by atoms with Gasteiger partial charge in [-0.2, -0.15) is 0 Å². The number of nitrogens with zero attached hydrogens (tertiary/aromatic N) is 2. The molecule has 5 nitrogen and oxygen atoms in total. The summed E-state index contributed by atoms with van der Waals surface area (Å²) in [5.74, 6) is 0.216. The quantitative estimate of drug-likeness (QED) is 0.564. The second-order valence-electron chi connectivity index (χ2n) is 2.96. The van der Waals surface area contributed by atoms with Crippen molar-refractivity contribution in [3.8, 4) is 0 Å². The van der Waals surface area contributed by atoms with Gasteiger partial charge in [-0.05, 0) is 12.8 Å². The molecule has 0 aliphatic rings. The van der Waals surface area contributed by atoms with E-state index in [-0.39, 0.29) is 6.42 Å². The fourth-order valence-electron chi connectivity index (χ4n) is 0.993. The number of nitrogen functional groups attached to an aromatic ring is 1. The fraction of sp³-hybridized carbons (Fsp3) is 0.625. The van der Waals surface area contributed by atoms with Crippen molar-refractivity contribution >= 4 is 34.2 Å². The number of nitrogens with two attached hydrogens (primary N) is 1. The summed E-state index contributed by atoms with van der Waals surface area (Å²) in [5.41, 5.74) is 5.43. The third-order valence-corrected chi connectivity index (χ3v) is 3.65. The van der Waals surface area contributed by atoms with Crippen molar-refractivity contribution in [3.63, 3.8) is 0 Å². The van der Waals surface area contributed by atoms with E-state index >= 15 is 0 Å². The maximum Gasteiger partial charge on any atom is 0.303 e. The number of rotatable bonds is 7. The van der Waals surface area contributed by atoms with Gasteiger partial charge in [0.25, 0.3) is 0 Å². The van der Waals surface area contributed by atoms with E-state index in [1.807, 2.05) is 0 Å². The van der Waals surface area contributed by atoms with Gasteiger partial charge in [0, 0.05) is 12.2 Å². The van der Waals surface area contributed by atoms with E-state index < -0.39 is 5.97 Å². The Labute approximate surface area is 96.1 Å². The van der Waals surface area contributed by atoms with Gasteiger partial charge >= 0.3 is 5.97 Å². The van der Waals surface area contributed by atoms with Gasteiger partial charge in [0.05, 0.1) is 0 Å².